The molecule has 1 saturated heterocycles. The second-order valence-electron chi connectivity index (χ2n) is 11.2. The van der Waals surface area contributed by atoms with Crippen molar-refractivity contribution >= 4 is 11.9 Å². The predicted molar refractivity (Wildman–Crippen MR) is 157 cm³/mol. The van der Waals surface area contributed by atoms with E-state index < -0.39 is 6.04 Å². The quantitative estimate of drug-likeness (QED) is 0.406. The lowest BCUT2D eigenvalue weighted by Crippen LogP contribution is -2.63. The average molecular weight is 572 g/mol. The first-order valence-corrected chi connectivity index (χ1v) is 14.8. The van der Waals surface area contributed by atoms with Crippen LogP contribution < -0.4 is 10.6 Å². The number of amides is 3. The molecule has 1 aliphatic heterocycles. The Kier molecular flexibility index (Phi) is 9.82. The van der Waals surface area contributed by atoms with Crippen LogP contribution in [0.25, 0.3) is 0 Å². The second-order valence-corrected chi connectivity index (χ2v) is 11.2. The number of urea groups is 1. The third-order valence-electron chi connectivity index (χ3n) is 8.20. The van der Waals surface area contributed by atoms with Crippen molar-refractivity contribution in [2.45, 2.75) is 63.7 Å². The van der Waals surface area contributed by atoms with Crippen molar-refractivity contribution < 1.29 is 14.0 Å². The summed E-state index contributed by atoms with van der Waals surface area (Å²) < 4.78 is 15.4. The molecule has 5 rings (SSSR count). The highest BCUT2D eigenvalue weighted by Crippen LogP contribution is 2.19. The van der Waals surface area contributed by atoms with Crippen molar-refractivity contribution in [3.8, 4) is 6.07 Å². The summed E-state index contributed by atoms with van der Waals surface area (Å²) in [5, 5.41) is 15.3. The highest BCUT2D eigenvalue weighted by Gasteiger charge is 2.36. The number of nitrogens with one attached hydrogen (secondary N) is 2. The minimum absolute atomic E-state index is 0.156. The van der Waals surface area contributed by atoms with E-state index in [1.165, 1.54) is 18.6 Å². The van der Waals surface area contributed by atoms with E-state index in [1.807, 2.05) is 16.7 Å². The molecule has 3 amide bonds. The van der Waals surface area contributed by atoms with Crippen LogP contribution in [0.2, 0.25) is 0 Å². The molecule has 1 saturated carbocycles. The van der Waals surface area contributed by atoms with Gasteiger partial charge in [-0.05, 0) is 48.2 Å². The number of nitriles is 1. The van der Waals surface area contributed by atoms with E-state index in [9.17, 15) is 14.0 Å². The molecule has 0 spiro atoms. The van der Waals surface area contributed by atoms with E-state index in [0.717, 1.165) is 42.5 Å². The first-order valence-electron chi connectivity index (χ1n) is 14.8. The fourth-order valence-electron chi connectivity index (χ4n) is 5.81. The lowest BCUT2D eigenvalue weighted by Gasteiger charge is -2.41. The number of nitrogens with zero attached hydrogens (tertiary/aromatic N) is 5. The molecule has 42 heavy (non-hydrogen) atoms. The van der Waals surface area contributed by atoms with E-state index >= 15 is 0 Å². The van der Waals surface area contributed by atoms with Crippen molar-refractivity contribution in [1.29, 1.82) is 5.26 Å². The summed E-state index contributed by atoms with van der Waals surface area (Å²) in [6.45, 7) is 3.08. The van der Waals surface area contributed by atoms with Gasteiger partial charge in [0.25, 0.3) is 0 Å². The fourth-order valence-corrected chi connectivity index (χ4v) is 5.81. The molecule has 2 N–H and O–H groups in total. The molecule has 3 aromatic rings. The number of piperazine rings is 1. The molecule has 2 aliphatic rings. The molecular weight excluding hydrogens is 533 g/mol. The fraction of sp³-hybridized carbons (Fsp3) is 0.438. The molecule has 10 heteroatoms. The molecule has 1 atom stereocenters. The molecule has 0 bridgehead atoms. The Morgan fingerprint density at radius 1 is 0.976 bits per heavy atom. The van der Waals surface area contributed by atoms with Gasteiger partial charge >= 0.3 is 6.03 Å². The van der Waals surface area contributed by atoms with Gasteiger partial charge in [-0.2, -0.15) is 5.26 Å². The highest BCUT2D eigenvalue weighted by molar-refractivity contribution is 5.87. The van der Waals surface area contributed by atoms with E-state index in [-0.39, 0.29) is 23.8 Å². The molecule has 220 valence electrons. The predicted octanol–water partition coefficient (Wildman–Crippen LogP) is 3.83. The standard InChI is InChI=1S/C32H38FN7O2/c33-27-12-10-25(11-13-27)20-38-16-17-40(32(42)37-28-4-2-1-3-5-28)30(22-38)31(41)36-15-14-29-19-35-23-39(29)21-26-8-6-24(18-34)7-9-26/h6-13,19,23,28,30H,1-5,14-17,20-22H2,(H,36,41)(H,37,42)/t30-/m1/s1. The van der Waals surface area contributed by atoms with Crippen LogP contribution in [0.4, 0.5) is 9.18 Å². The van der Waals surface area contributed by atoms with Gasteiger partial charge in [0.1, 0.15) is 11.9 Å². The van der Waals surface area contributed by atoms with Gasteiger partial charge in [-0.3, -0.25) is 9.69 Å². The maximum Gasteiger partial charge on any atom is 0.318 e. The van der Waals surface area contributed by atoms with Gasteiger partial charge in [-0.25, -0.2) is 14.2 Å². The Morgan fingerprint density at radius 3 is 2.43 bits per heavy atom. The summed E-state index contributed by atoms with van der Waals surface area (Å²) in [7, 11) is 0. The van der Waals surface area contributed by atoms with E-state index in [2.05, 4.69) is 26.6 Å². The third-order valence-corrected chi connectivity index (χ3v) is 8.20. The summed E-state index contributed by atoms with van der Waals surface area (Å²) in [6.07, 6.45) is 9.52. The van der Waals surface area contributed by atoms with Gasteiger partial charge < -0.3 is 20.1 Å². The van der Waals surface area contributed by atoms with Crippen LogP contribution in [0.1, 0.15) is 54.5 Å². The van der Waals surface area contributed by atoms with E-state index in [0.29, 0.717) is 51.3 Å². The Bertz CT molecular complexity index is 1380. The first kappa shape index (κ1) is 29.3. The summed E-state index contributed by atoms with van der Waals surface area (Å²) in [5.41, 5.74) is 3.62. The zero-order chi connectivity index (χ0) is 29.3. The normalized spacial score (nSPS) is 17.9. The van der Waals surface area contributed by atoms with Crippen molar-refractivity contribution in [2.24, 2.45) is 0 Å². The van der Waals surface area contributed by atoms with Crippen LogP contribution >= 0.6 is 0 Å². The number of halogens is 1. The van der Waals surface area contributed by atoms with Crippen LogP contribution in [0, 0.1) is 17.1 Å². The van der Waals surface area contributed by atoms with Gasteiger partial charge in [0.2, 0.25) is 5.91 Å². The first-order chi connectivity index (χ1) is 20.5. The average Bonchev–Trinajstić information content (AvgIpc) is 3.45. The molecule has 0 unspecified atom stereocenters. The highest BCUT2D eigenvalue weighted by atomic mass is 19.1. The maximum absolute atomic E-state index is 13.6. The third kappa shape index (κ3) is 7.74. The number of hydrogen-bond acceptors (Lipinski definition) is 5. The second kappa shape index (κ2) is 14.1. The Hall–Kier alpha value is -4.23. The monoisotopic (exact) mass is 571 g/mol. The number of hydrogen-bond donors (Lipinski definition) is 2. The van der Waals surface area contributed by atoms with Crippen molar-refractivity contribution in [1.82, 2.24) is 30.0 Å². The van der Waals surface area contributed by atoms with Gasteiger partial charge in [0.15, 0.2) is 0 Å². The molecule has 1 aromatic heterocycles. The van der Waals surface area contributed by atoms with Crippen LogP contribution in [-0.2, 0) is 24.3 Å². The van der Waals surface area contributed by atoms with Gasteiger partial charge in [0.05, 0.1) is 18.0 Å². The molecule has 9 nitrogen and oxygen atoms in total. The lowest BCUT2D eigenvalue weighted by atomic mass is 9.95. The van der Waals surface area contributed by atoms with Crippen LogP contribution in [-0.4, -0.2) is 69.6 Å². The molecule has 2 heterocycles. The summed E-state index contributed by atoms with van der Waals surface area (Å²) in [4.78, 5) is 35.0. The number of benzene rings is 2. The Morgan fingerprint density at radius 2 is 1.69 bits per heavy atom. The topological polar surface area (TPSA) is 106 Å². The van der Waals surface area contributed by atoms with Gasteiger partial charge in [0, 0.05) is 63.6 Å². The van der Waals surface area contributed by atoms with Crippen LogP contribution in [0.5, 0.6) is 0 Å². The van der Waals surface area contributed by atoms with E-state index in [1.54, 1.807) is 41.7 Å². The number of imidazole rings is 1. The zero-order valence-corrected chi connectivity index (χ0v) is 23.8. The summed E-state index contributed by atoms with van der Waals surface area (Å²) in [6, 6.07) is 15.3. The van der Waals surface area contributed by atoms with Gasteiger partial charge in [-0.1, -0.05) is 43.5 Å². The van der Waals surface area contributed by atoms with Crippen molar-refractivity contribution in [2.75, 3.05) is 26.2 Å². The SMILES string of the molecule is N#Cc1ccc(Cn2cncc2CCNC(=O)[C@H]2CN(Cc3ccc(F)cc3)CCN2C(=O)NC2CCCCC2)cc1. The minimum atomic E-state index is -0.633. The number of rotatable bonds is 9. The minimum Gasteiger partial charge on any atom is -0.354 e. The summed E-state index contributed by atoms with van der Waals surface area (Å²) >= 11 is 0. The molecule has 2 aromatic carbocycles. The number of aromatic nitrogens is 2. The lowest BCUT2D eigenvalue weighted by molar-refractivity contribution is -0.127. The Balaban J connectivity index is 1.21. The van der Waals surface area contributed by atoms with Crippen LogP contribution in [0.3, 0.4) is 0 Å². The molecule has 0 radical (unpaired) electrons. The van der Waals surface area contributed by atoms with Crippen molar-refractivity contribution in [3.63, 3.8) is 0 Å². The largest absolute Gasteiger partial charge is 0.354 e. The maximum atomic E-state index is 13.6. The number of carbonyl (C=O) groups excluding carboxylic acids is 2. The molecule has 1 aliphatic carbocycles. The van der Waals surface area contributed by atoms with Gasteiger partial charge in [-0.15, -0.1) is 0 Å². The number of carbonyl (C=O) groups is 2. The van der Waals surface area contributed by atoms with Crippen molar-refractivity contribution in [3.05, 3.63) is 89.3 Å². The smallest absolute Gasteiger partial charge is 0.318 e. The molecule has 2 fully saturated rings. The summed E-state index contributed by atoms with van der Waals surface area (Å²) in [5.74, 6) is -0.464. The van der Waals surface area contributed by atoms with E-state index in [4.69, 9.17) is 5.26 Å². The Labute approximate surface area is 246 Å². The molecular formula is C32H38FN7O2. The van der Waals surface area contributed by atoms with Crippen LogP contribution in [0.15, 0.2) is 61.1 Å². The zero-order valence-electron chi connectivity index (χ0n) is 23.8.